The number of hydrazine groups is 1. The molecular formula is C8H12N4OS. The molecule has 6 heteroatoms. The largest absolute Gasteiger partial charge is 0.334 e. The number of aromatic nitrogens is 1. The number of amides is 2. The molecule has 1 fully saturated rings. The van der Waals surface area contributed by atoms with E-state index >= 15 is 0 Å². The normalized spacial score (nSPS) is 17.6. The number of urea groups is 1. The Bertz CT molecular complexity index is 313. The number of nitrogens with zero attached hydrogens (tertiary/aromatic N) is 3. The van der Waals surface area contributed by atoms with E-state index in [4.69, 9.17) is 5.84 Å². The zero-order valence-corrected chi connectivity index (χ0v) is 8.54. The predicted octanol–water partition coefficient (Wildman–Crippen LogP) is 0.644. The molecule has 14 heavy (non-hydrogen) atoms. The van der Waals surface area contributed by atoms with Crippen LogP contribution in [0.3, 0.4) is 0 Å². The maximum absolute atomic E-state index is 11.6. The summed E-state index contributed by atoms with van der Waals surface area (Å²) in [6.45, 7) is 1.99. The van der Waals surface area contributed by atoms with Gasteiger partial charge < -0.3 is 4.90 Å². The summed E-state index contributed by atoms with van der Waals surface area (Å²) in [5.74, 6) is 5.52. The van der Waals surface area contributed by atoms with Crippen molar-refractivity contribution >= 4 is 17.4 Å². The van der Waals surface area contributed by atoms with Gasteiger partial charge in [-0.1, -0.05) is 0 Å². The quantitative estimate of drug-likeness (QED) is 0.578. The smallest absolute Gasteiger partial charge is 0.317 e. The second-order valence-corrected chi connectivity index (χ2v) is 4.16. The number of rotatable bonds is 2. The predicted molar refractivity (Wildman–Crippen MR) is 53.4 cm³/mol. The van der Waals surface area contributed by atoms with E-state index in [0.29, 0.717) is 13.1 Å². The van der Waals surface area contributed by atoms with Crippen LogP contribution < -0.4 is 5.84 Å². The van der Waals surface area contributed by atoms with Crippen molar-refractivity contribution < 1.29 is 4.79 Å². The minimum absolute atomic E-state index is 0.105. The van der Waals surface area contributed by atoms with E-state index in [1.54, 1.807) is 22.4 Å². The fourth-order valence-corrected chi connectivity index (χ4v) is 2.08. The molecule has 1 aliphatic rings. The Morgan fingerprint density at radius 1 is 1.57 bits per heavy atom. The van der Waals surface area contributed by atoms with Crippen molar-refractivity contribution in [3.8, 4) is 0 Å². The van der Waals surface area contributed by atoms with Crippen LogP contribution in [0.25, 0.3) is 0 Å². The molecule has 0 radical (unpaired) electrons. The molecule has 0 saturated carbocycles. The maximum Gasteiger partial charge on any atom is 0.334 e. The van der Waals surface area contributed by atoms with E-state index in [0.717, 1.165) is 18.0 Å². The van der Waals surface area contributed by atoms with E-state index in [1.165, 1.54) is 5.01 Å². The third-order valence-electron chi connectivity index (χ3n) is 2.15. The molecular weight excluding hydrogens is 200 g/mol. The molecule has 2 N–H and O–H groups in total. The number of hydrogen-bond donors (Lipinski definition) is 1. The van der Waals surface area contributed by atoms with Crippen molar-refractivity contribution in [2.45, 2.75) is 13.0 Å². The molecule has 2 amide bonds. The highest BCUT2D eigenvalue weighted by Gasteiger charge is 2.23. The Balaban J connectivity index is 2.00. The van der Waals surface area contributed by atoms with Crippen LogP contribution in [0.2, 0.25) is 0 Å². The number of carbonyl (C=O) groups is 1. The summed E-state index contributed by atoms with van der Waals surface area (Å²) >= 11 is 1.56. The van der Waals surface area contributed by atoms with E-state index in [-0.39, 0.29) is 6.03 Å². The Hall–Kier alpha value is -1.14. The summed E-state index contributed by atoms with van der Waals surface area (Å²) < 4.78 is 0. The third-order valence-corrected chi connectivity index (χ3v) is 2.92. The van der Waals surface area contributed by atoms with Crippen molar-refractivity contribution in [3.63, 3.8) is 0 Å². The zero-order valence-electron chi connectivity index (χ0n) is 7.72. The van der Waals surface area contributed by atoms with Gasteiger partial charge in [-0.3, -0.25) is 5.01 Å². The first-order chi connectivity index (χ1) is 6.77. The fraction of sp³-hybridized carbons (Fsp3) is 0.500. The van der Waals surface area contributed by atoms with Gasteiger partial charge in [0.25, 0.3) is 0 Å². The second-order valence-electron chi connectivity index (χ2n) is 3.18. The van der Waals surface area contributed by atoms with Crippen LogP contribution >= 0.6 is 11.3 Å². The fourth-order valence-electron chi connectivity index (χ4n) is 1.45. The standard InChI is InChI=1S/C8H12N4OS/c9-12-4-1-3-11(8(12)13)6-7-10-2-5-14-7/h2,5H,1,3-4,6,9H2. The molecule has 1 aliphatic heterocycles. The monoisotopic (exact) mass is 212 g/mol. The average Bonchev–Trinajstić information content (AvgIpc) is 2.66. The molecule has 0 aliphatic carbocycles. The highest BCUT2D eigenvalue weighted by molar-refractivity contribution is 7.09. The Kier molecular flexibility index (Phi) is 2.64. The van der Waals surface area contributed by atoms with Crippen LogP contribution in [0.15, 0.2) is 11.6 Å². The summed E-state index contributed by atoms with van der Waals surface area (Å²) in [7, 11) is 0. The molecule has 0 atom stereocenters. The third kappa shape index (κ3) is 1.85. The molecule has 0 unspecified atom stereocenters. The Labute approximate surface area is 86.1 Å². The molecule has 2 heterocycles. The maximum atomic E-state index is 11.6. The minimum atomic E-state index is -0.105. The van der Waals surface area contributed by atoms with Crippen molar-refractivity contribution in [3.05, 3.63) is 16.6 Å². The average molecular weight is 212 g/mol. The first-order valence-electron chi connectivity index (χ1n) is 4.47. The molecule has 1 aromatic rings. The van der Waals surface area contributed by atoms with Gasteiger partial charge in [-0.25, -0.2) is 15.6 Å². The van der Waals surface area contributed by atoms with Gasteiger partial charge in [0, 0.05) is 24.7 Å². The van der Waals surface area contributed by atoms with Crippen LogP contribution in [0.4, 0.5) is 4.79 Å². The first kappa shape index (κ1) is 9.42. The lowest BCUT2D eigenvalue weighted by Gasteiger charge is -2.32. The van der Waals surface area contributed by atoms with Gasteiger partial charge in [0.2, 0.25) is 0 Å². The number of hydrogen-bond acceptors (Lipinski definition) is 4. The lowest BCUT2D eigenvalue weighted by molar-refractivity contribution is 0.127. The van der Waals surface area contributed by atoms with Gasteiger partial charge in [0.1, 0.15) is 5.01 Å². The molecule has 76 valence electrons. The number of carbonyl (C=O) groups excluding carboxylic acids is 1. The van der Waals surface area contributed by atoms with E-state index in [2.05, 4.69) is 4.98 Å². The van der Waals surface area contributed by atoms with Crippen LogP contribution in [0.5, 0.6) is 0 Å². The van der Waals surface area contributed by atoms with Crippen LogP contribution in [0.1, 0.15) is 11.4 Å². The van der Waals surface area contributed by atoms with Crippen molar-refractivity contribution in [1.29, 1.82) is 0 Å². The van der Waals surface area contributed by atoms with Gasteiger partial charge in [-0.2, -0.15) is 0 Å². The Morgan fingerprint density at radius 3 is 3.14 bits per heavy atom. The molecule has 0 spiro atoms. The first-order valence-corrected chi connectivity index (χ1v) is 5.35. The SMILES string of the molecule is NN1CCCN(Cc2nccs2)C1=O. The lowest BCUT2D eigenvalue weighted by Crippen LogP contribution is -2.51. The zero-order chi connectivity index (χ0) is 9.97. The van der Waals surface area contributed by atoms with Crippen molar-refractivity contribution in [1.82, 2.24) is 14.9 Å². The topological polar surface area (TPSA) is 62.5 Å². The minimum Gasteiger partial charge on any atom is -0.317 e. The van der Waals surface area contributed by atoms with Crippen LogP contribution in [-0.4, -0.2) is 34.0 Å². The molecule has 1 aromatic heterocycles. The van der Waals surface area contributed by atoms with Crippen molar-refractivity contribution in [2.24, 2.45) is 5.84 Å². The number of nitrogens with two attached hydrogens (primary N) is 1. The summed E-state index contributed by atoms with van der Waals surface area (Å²) in [5, 5.41) is 4.12. The van der Waals surface area contributed by atoms with Gasteiger partial charge in [0.05, 0.1) is 6.54 Å². The summed E-state index contributed by atoms with van der Waals surface area (Å²) in [5.41, 5.74) is 0. The van der Waals surface area contributed by atoms with E-state index < -0.39 is 0 Å². The number of thiazole rings is 1. The molecule has 5 nitrogen and oxygen atoms in total. The lowest BCUT2D eigenvalue weighted by atomic mass is 10.3. The summed E-state index contributed by atoms with van der Waals surface area (Å²) in [6, 6.07) is -0.105. The highest BCUT2D eigenvalue weighted by atomic mass is 32.1. The van der Waals surface area contributed by atoms with Gasteiger partial charge in [-0.15, -0.1) is 11.3 Å². The summed E-state index contributed by atoms with van der Waals surface area (Å²) in [6.07, 6.45) is 2.67. The van der Waals surface area contributed by atoms with E-state index in [1.807, 2.05) is 5.38 Å². The molecule has 2 rings (SSSR count). The molecule has 1 saturated heterocycles. The van der Waals surface area contributed by atoms with E-state index in [9.17, 15) is 4.79 Å². The summed E-state index contributed by atoms with van der Waals surface area (Å²) in [4.78, 5) is 17.4. The van der Waals surface area contributed by atoms with Crippen LogP contribution in [-0.2, 0) is 6.54 Å². The molecule has 0 bridgehead atoms. The van der Waals surface area contributed by atoms with Crippen LogP contribution in [0, 0.1) is 0 Å². The highest BCUT2D eigenvalue weighted by Crippen LogP contribution is 2.12. The molecule has 0 aromatic carbocycles. The van der Waals surface area contributed by atoms with Gasteiger partial charge in [-0.05, 0) is 6.42 Å². The van der Waals surface area contributed by atoms with Gasteiger partial charge in [0.15, 0.2) is 0 Å². The van der Waals surface area contributed by atoms with Gasteiger partial charge >= 0.3 is 6.03 Å². The Morgan fingerprint density at radius 2 is 2.43 bits per heavy atom. The van der Waals surface area contributed by atoms with Crippen molar-refractivity contribution in [2.75, 3.05) is 13.1 Å². The second kappa shape index (κ2) is 3.93.